The lowest BCUT2D eigenvalue weighted by Gasteiger charge is -2.19. The van der Waals surface area contributed by atoms with Crippen molar-refractivity contribution >= 4 is 16.2 Å². The predicted molar refractivity (Wildman–Crippen MR) is 77.0 cm³/mol. The van der Waals surface area contributed by atoms with E-state index in [0.29, 0.717) is 6.42 Å². The minimum atomic E-state index is -5.58. The van der Waals surface area contributed by atoms with Gasteiger partial charge >= 0.3 is 15.6 Å². The van der Waals surface area contributed by atoms with E-state index in [2.05, 4.69) is 4.18 Å². The third-order valence-corrected chi connectivity index (χ3v) is 4.20. The number of halogens is 3. The van der Waals surface area contributed by atoms with Crippen LogP contribution in [0.3, 0.4) is 0 Å². The van der Waals surface area contributed by atoms with Gasteiger partial charge in [-0.15, -0.1) is 0 Å². The molecule has 0 aromatic heterocycles. The summed E-state index contributed by atoms with van der Waals surface area (Å²) >= 11 is 0. The van der Waals surface area contributed by atoms with Crippen LogP contribution in [0.1, 0.15) is 24.8 Å². The van der Waals surface area contributed by atoms with Crippen LogP contribution < -0.4 is 0 Å². The van der Waals surface area contributed by atoms with Crippen molar-refractivity contribution < 1.29 is 25.8 Å². The zero-order valence-electron chi connectivity index (χ0n) is 11.6. The van der Waals surface area contributed by atoms with Crippen LogP contribution in [0.4, 0.5) is 13.2 Å². The van der Waals surface area contributed by atoms with Gasteiger partial charge in [-0.1, -0.05) is 42.5 Å². The molecule has 0 aliphatic heterocycles. The van der Waals surface area contributed by atoms with Gasteiger partial charge in [0.15, 0.2) is 0 Å². The van der Waals surface area contributed by atoms with Crippen molar-refractivity contribution in [2.75, 3.05) is 0 Å². The number of alkyl halides is 3. The lowest BCUT2D eigenvalue weighted by atomic mass is 9.94. The summed E-state index contributed by atoms with van der Waals surface area (Å²) < 4.78 is 63.1. The lowest BCUT2D eigenvalue weighted by molar-refractivity contribution is -0.0524. The van der Waals surface area contributed by atoms with Gasteiger partial charge in [-0.2, -0.15) is 21.6 Å². The molecule has 2 rings (SSSR count). The van der Waals surface area contributed by atoms with Gasteiger partial charge in [0.05, 0.1) is 0 Å². The summed E-state index contributed by atoms with van der Waals surface area (Å²) in [5, 5.41) is 0. The van der Waals surface area contributed by atoms with Crippen LogP contribution in [0.5, 0.6) is 0 Å². The minimum Gasteiger partial charge on any atom is -0.381 e. The molecule has 0 radical (unpaired) electrons. The Bertz CT molecular complexity index is 661. The topological polar surface area (TPSA) is 43.4 Å². The van der Waals surface area contributed by atoms with E-state index in [1.807, 2.05) is 42.5 Å². The van der Waals surface area contributed by atoms with E-state index >= 15 is 0 Å². The number of hydrogen-bond acceptors (Lipinski definition) is 3. The molecule has 22 heavy (non-hydrogen) atoms. The van der Waals surface area contributed by atoms with Crippen LogP contribution in [0, 0.1) is 5.92 Å². The Morgan fingerprint density at radius 2 is 1.86 bits per heavy atom. The van der Waals surface area contributed by atoms with Crippen molar-refractivity contribution in [1.82, 2.24) is 0 Å². The lowest BCUT2D eigenvalue weighted by Crippen LogP contribution is -2.26. The second-order valence-electron chi connectivity index (χ2n) is 4.94. The standard InChI is InChI=1S/C15H15F3O3S/c16-15(17,18)22(19,20)21-14-8-4-7-13(11-14)10-9-12-5-2-1-3-6-12/h1-3,5-6,9-11,13H,4,7-8H2/b10-9-. The molecule has 3 nitrogen and oxygen atoms in total. The Balaban J connectivity index is 2.08. The molecule has 0 bridgehead atoms. The third-order valence-electron chi connectivity index (χ3n) is 3.20. The first kappa shape index (κ1) is 16.6. The number of rotatable bonds is 4. The molecule has 1 atom stereocenters. The number of hydrogen-bond donors (Lipinski definition) is 0. The second-order valence-corrected chi connectivity index (χ2v) is 6.48. The minimum absolute atomic E-state index is 0.146. The molecule has 1 unspecified atom stereocenters. The molecule has 7 heteroatoms. The summed E-state index contributed by atoms with van der Waals surface area (Å²) in [6.07, 6.45) is 6.61. The maximum absolute atomic E-state index is 12.3. The second kappa shape index (κ2) is 6.56. The molecule has 0 saturated carbocycles. The monoisotopic (exact) mass is 332 g/mol. The molecular formula is C15H15F3O3S. The van der Waals surface area contributed by atoms with Gasteiger partial charge in [0.1, 0.15) is 5.76 Å². The Labute approximate surface area is 127 Å². The highest BCUT2D eigenvalue weighted by molar-refractivity contribution is 7.87. The van der Waals surface area contributed by atoms with Crippen molar-refractivity contribution in [2.24, 2.45) is 5.92 Å². The molecular weight excluding hydrogens is 317 g/mol. The maximum atomic E-state index is 12.3. The fourth-order valence-electron chi connectivity index (χ4n) is 2.13. The third kappa shape index (κ3) is 4.37. The zero-order chi connectivity index (χ0) is 16.2. The molecule has 1 aromatic carbocycles. The first-order valence-corrected chi connectivity index (χ1v) is 8.13. The van der Waals surface area contributed by atoms with Gasteiger partial charge in [-0.25, -0.2) is 0 Å². The van der Waals surface area contributed by atoms with Crippen molar-refractivity contribution in [3.63, 3.8) is 0 Å². The fourth-order valence-corrected chi connectivity index (χ4v) is 2.64. The van der Waals surface area contributed by atoms with Crippen LogP contribution in [0.25, 0.3) is 6.08 Å². The van der Waals surface area contributed by atoms with E-state index in [4.69, 9.17) is 0 Å². The molecule has 0 amide bonds. The number of benzene rings is 1. The van der Waals surface area contributed by atoms with Gasteiger partial charge < -0.3 is 4.18 Å². The Morgan fingerprint density at radius 3 is 2.50 bits per heavy atom. The van der Waals surface area contributed by atoms with Crippen molar-refractivity contribution in [3.8, 4) is 0 Å². The van der Waals surface area contributed by atoms with Gasteiger partial charge in [0, 0.05) is 6.42 Å². The van der Waals surface area contributed by atoms with Gasteiger partial charge in [-0.3, -0.25) is 0 Å². The molecule has 120 valence electrons. The molecule has 1 aromatic rings. The Morgan fingerprint density at radius 1 is 1.18 bits per heavy atom. The van der Waals surface area contributed by atoms with Crippen LogP contribution in [-0.4, -0.2) is 13.9 Å². The van der Waals surface area contributed by atoms with E-state index in [0.717, 1.165) is 12.0 Å². The predicted octanol–water partition coefficient (Wildman–Crippen LogP) is 4.25. The summed E-state index contributed by atoms with van der Waals surface area (Å²) in [5.74, 6) is -0.293. The van der Waals surface area contributed by atoms with E-state index in [1.165, 1.54) is 6.08 Å². The first-order chi connectivity index (χ1) is 10.3. The summed E-state index contributed by atoms with van der Waals surface area (Å²) in [5.41, 5.74) is -4.44. The van der Waals surface area contributed by atoms with Crippen molar-refractivity contribution in [3.05, 3.63) is 53.8 Å². The van der Waals surface area contributed by atoms with Crippen molar-refractivity contribution in [1.29, 1.82) is 0 Å². The SMILES string of the molecule is O=S(=O)(OC1=CC(/C=C\c2ccccc2)CCC1)C(F)(F)F. The molecule has 1 aliphatic carbocycles. The van der Waals surface area contributed by atoms with Gasteiger partial charge in [0.25, 0.3) is 0 Å². The fraction of sp³-hybridized carbons (Fsp3) is 0.333. The highest BCUT2D eigenvalue weighted by atomic mass is 32.2. The maximum Gasteiger partial charge on any atom is 0.534 e. The molecule has 0 saturated heterocycles. The first-order valence-electron chi connectivity index (χ1n) is 6.73. The summed E-state index contributed by atoms with van der Waals surface area (Å²) in [6, 6.07) is 9.43. The molecule has 0 heterocycles. The Kier molecular flexibility index (Phi) is 4.95. The largest absolute Gasteiger partial charge is 0.534 e. The summed E-state index contributed by atoms with van der Waals surface area (Å²) in [7, 11) is -5.58. The smallest absolute Gasteiger partial charge is 0.381 e. The summed E-state index contributed by atoms with van der Waals surface area (Å²) in [4.78, 5) is 0. The van der Waals surface area contributed by atoms with E-state index < -0.39 is 15.6 Å². The molecule has 1 aliphatic rings. The van der Waals surface area contributed by atoms with E-state index in [-0.39, 0.29) is 18.1 Å². The van der Waals surface area contributed by atoms with E-state index in [9.17, 15) is 21.6 Å². The normalized spacial score (nSPS) is 20.0. The highest BCUT2D eigenvalue weighted by Crippen LogP contribution is 2.31. The zero-order valence-corrected chi connectivity index (χ0v) is 12.4. The molecule has 0 fully saturated rings. The van der Waals surface area contributed by atoms with Crippen molar-refractivity contribution in [2.45, 2.75) is 24.8 Å². The highest BCUT2D eigenvalue weighted by Gasteiger charge is 2.48. The van der Waals surface area contributed by atoms with Crippen LogP contribution in [0.2, 0.25) is 0 Å². The average molecular weight is 332 g/mol. The average Bonchev–Trinajstić information content (AvgIpc) is 2.45. The number of allylic oxidation sites excluding steroid dienone is 3. The Hall–Kier alpha value is -1.76. The molecule has 0 N–H and O–H groups in total. The van der Waals surface area contributed by atoms with Gasteiger partial charge in [-0.05, 0) is 30.4 Å². The van der Waals surface area contributed by atoms with Crippen LogP contribution >= 0.6 is 0 Å². The quantitative estimate of drug-likeness (QED) is 0.611. The van der Waals surface area contributed by atoms with Crippen LogP contribution in [0.15, 0.2) is 48.2 Å². The van der Waals surface area contributed by atoms with Gasteiger partial charge in [0.2, 0.25) is 0 Å². The summed E-state index contributed by atoms with van der Waals surface area (Å²) in [6.45, 7) is 0. The van der Waals surface area contributed by atoms with E-state index in [1.54, 1.807) is 0 Å². The van der Waals surface area contributed by atoms with Crippen LogP contribution in [-0.2, 0) is 14.3 Å². The molecule has 0 spiro atoms.